The Morgan fingerprint density at radius 2 is 2.18 bits per heavy atom. The van der Waals surface area contributed by atoms with Crippen LogP contribution in [0, 0.1) is 5.92 Å². The minimum atomic E-state index is -0.0334. The summed E-state index contributed by atoms with van der Waals surface area (Å²) in [5.74, 6) is 0.607. The van der Waals surface area contributed by atoms with E-state index in [1.165, 1.54) is 0 Å². The number of rotatable bonds is 8. The van der Waals surface area contributed by atoms with Crippen LogP contribution in [0.25, 0.3) is 22.0 Å². The van der Waals surface area contributed by atoms with E-state index in [9.17, 15) is 4.79 Å². The van der Waals surface area contributed by atoms with Crippen LogP contribution in [0.1, 0.15) is 29.9 Å². The maximum absolute atomic E-state index is 13.0. The smallest absolute Gasteiger partial charge is 0.188 e. The molecule has 9 heteroatoms. The number of H-pyrrole nitrogens is 2. The third-order valence-corrected chi connectivity index (χ3v) is 5.95. The van der Waals surface area contributed by atoms with E-state index in [0.717, 1.165) is 53.8 Å². The summed E-state index contributed by atoms with van der Waals surface area (Å²) in [6.45, 7) is 8.88. The highest BCUT2D eigenvalue weighted by atomic mass is 16.5. The van der Waals surface area contributed by atoms with E-state index in [1.807, 2.05) is 35.3 Å². The Kier molecular flexibility index (Phi) is 6.06. The Morgan fingerprint density at radius 1 is 1.27 bits per heavy atom. The van der Waals surface area contributed by atoms with Gasteiger partial charge >= 0.3 is 0 Å². The highest BCUT2D eigenvalue weighted by Gasteiger charge is 2.22. The van der Waals surface area contributed by atoms with Crippen molar-refractivity contribution < 1.29 is 9.53 Å². The van der Waals surface area contributed by atoms with Gasteiger partial charge < -0.3 is 4.74 Å². The Bertz CT molecular complexity index is 1220. The molecule has 0 aliphatic carbocycles. The first-order chi connectivity index (χ1) is 16.0. The second kappa shape index (κ2) is 9.29. The van der Waals surface area contributed by atoms with Gasteiger partial charge in [-0.3, -0.25) is 24.6 Å². The summed E-state index contributed by atoms with van der Waals surface area (Å²) >= 11 is 0. The lowest BCUT2D eigenvalue weighted by atomic mass is 10.0. The predicted molar refractivity (Wildman–Crippen MR) is 125 cm³/mol. The fourth-order valence-electron chi connectivity index (χ4n) is 4.47. The molecule has 9 nitrogen and oxygen atoms in total. The summed E-state index contributed by atoms with van der Waals surface area (Å²) < 4.78 is 7.82. The molecule has 172 valence electrons. The number of ketones is 1. The molecule has 1 saturated heterocycles. The van der Waals surface area contributed by atoms with E-state index in [2.05, 4.69) is 44.2 Å². The van der Waals surface area contributed by atoms with Gasteiger partial charge in [0.05, 0.1) is 37.2 Å². The van der Waals surface area contributed by atoms with Gasteiger partial charge in [0, 0.05) is 49.4 Å². The van der Waals surface area contributed by atoms with E-state index >= 15 is 0 Å². The van der Waals surface area contributed by atoms with Gasteiger partial charge in [-0.2, -0.15) is 15.3 Å². The lowest BCUT2D eigenvalue weighted by Crippen LogP contribution is -2.45. The van der Waals surface area contributed by atoms with E-state index < -0.39 is 0 Å². The molecule has 4 aromatic rings. The fourth-order valence-corrected chi connectivity index (χ4v) is 4.47. The maximum atomic E-state index is 13.0. The maximum Gasteiger partial charge on any atom is 0.188 e. The summed E-state index contributed by atoms with van der Waals surface area (Å²) in [7, 11) is 0. The molecule has 0 saturated carbocycles. The third kappa shape index (κ3) is 4.89. The first-order valence-corrected chi connectivity index (χ1v) is 11.4. The topological polar surface area (TPSA) is 105 Å². The number of fused-ring (bicyclic) bond motifs is 1. The number of hydrogen-bond acceptors (Lipinski definition) is 6. The van der Waals surface area contributed by atoms with Gasteiger partial charge in [0.1, 0.15) is 5.69 Å². The van der Waals surface area contributed by atoms with Gasteiger partial charge in [0.15, 0.2) is 5.78 Å². The summed E-state index contributed by atoms with van der Waals surface area (Å²) in [4.78, 5) is 15.4. The Morgan fingerprint density at radius 3 is 3.00 bits per heavy atom. The normalized spacial score (nSPS) is 17.2. The first kappa shape index (κ1) is 21.5. The van der Waals surface area contributed by atoms with Crippen molar-refractivity contribution in [1.82, 2.24) is 35.1 Å². The van der Waals surface area contributed by atoms with Crippen LogP contribution in [0.5, 0.6) is 0 Å². The lowest BCUT2D eigenvalue weighted by Gasteiger charge is -2.33. The quantitative estimate of drug-likeness (QED) is 0.403. The zero-order chi connectivity index (χ0) is 22.8. The number of carbonyl (C=O) groups is 1. The summed E-state index contributed by atoms with van der Waals surface area (Å²) in [5, 5.41) is 19.4. The number of hydrogen-bond donors (Lipinski definition) is 2. The number of carbonyl (C=O) groups excluding carboxylic acids is 1. The van der Waals surface area contributed by atoms with Crippen molar-refractivity contribution in [3.05, 3.63) is 54.2 Å². The number of aromatic nitrogens is 6. The number of nitrogens with zero attached hydrogens (tertiary/aromatic N) is 5. The molecule has 33 heavy (non-hydrogen) atoms. The molecule has 0 radical (unpaired) electrons. The fraction of sp³-hybridized carbons (Fsp3) is 0.417. The van der Waals surface area contributed by atoms with E-state index in [-0.39, 0.29) is 18.3 Å². The van der Waals surface area contributed by atoms with Crippen LogP contribution in [0.4, 0.5) is 0 Å². The zero-order valence-electron chi connectivity index (χ0n) is 19.0. The largest absolute Gasteiger partial charge is 0.374 e. The molecule has 1 aliphatic heterocycles. The van der Waals surface area contributed by atoms with Crippen molar-refractivity contribution in [2.45, 2.75) is 32.9 Å². The number of Topliss-reactive ketones (excluding diaryl/α,β-unsaturated/α-hetero) is 1. The molecule has 1 atom stereocenters. The van der Waals surface area contributed by atoms with Crippen LogP contribution in [0.2, 0.25) is 0 Å². The van der Waals surface area contributed by atoms with Crippen molar-refractivity contribution in [3.63, 3.8) is 0 Å². The van der Waals surface area contributed by atoms with Crippen molar-refractivity contribution >= 4 is 16.7 Å². The zero-order valence-corrected chi connectivity index (χ0v) is 19.0. The van der Waals surface area contributed by atoms with E-state index in [0.29, 0.717) is 18.2 Å². The molecular weight excluding hydrogens is 418 g/mol. The van der Waals surface area contributed by atoms with Gasteiger partial charge in [-0.1, -0.05) is 19.9 Å². The molecule has 1 aromatic carbocycles. The summed E-state index contributed by atoms with van der Waals surface area (Å²) in [6.07, 6.45) is 7.67. The lowest BCUT2D eigenvalue weighted by molar-refractivity contribution is -0.0404. The average Bonchev–Trinajstić information content (AvgIpc) is 3.54. The molecule has 1 fully saturated rings. The standard InChI is InChI=1S/C24H29N7O2/c1-16(2)12-30-5-6-33-20(14-30)15-31-13-17(9-27-31)7-23(32)24-21-4-3-18(8-22(21)28-29-24)19-10-25-26-11-19/h3-4,8-11,13,16,20H,5-7,12,14-15H2,1-2H3,(H,25,26)(H,28,29). The molecule has 2 N–H and O–H groups in total. The van der Waals surface area contributed by atoms with Crippen LogP contribution < -0.4 is 0 Å². The number of morpholine rings is 1. The van der Waals surface area contributed by atoms with E-state index in [4.69, 9.17) is 4.74 Å². The van der Waals surface area contributed by atoms with Gasteiger partial charge in [0.25, 0.3) is 0 Å². The second-order valence-corrected chi connectivity index (χ2v) is 9.14. The predicted octanol–water partition coefficient (Wildman–Crippen LogP) is 2.93. The summed E-state index contributed by atoms with van der Waals surface area (Å²) in [6, 6.07) is 5.89. The number of aromatic amines is 2. The van der Waals surface area contributed by atoms with Crippen molar-refractivity contribution in [1.29, 1.82) is 0 Å². The summed E-state index contributed by atoms with van der Waals surface area (Å²) in [5.41, 5.74) is 4.16. The van der Waals surface area contributed by atoms with E-state index in [1.54, 1.807) is 12.4 Å². The van der Waals surface area contributed by atoms with Gasteiger partial charge in [0.2, 0.25) is 0 Å². The molecule has 4 heterocycles. The minimum absolute atomic E-state index is 0.0334. The number of ether oxygens (including phenoxy) is 1. The second-order valence-electron chi connectivity index (χ2n) is 9.14. The van der Waals surface area contributed by atoms with Crippen molar-refractivity contribution in [2.24, 2.45) is 5.92 Å². The van der Waals surface area contributed by atoms with Crippen molar-refractivity contribution in [2.75, 3.05) is 26.2 Å². The van der Waals surface area contributed by atoms with Crippen LogP contribution in [0.3, 0.4) is 0 Å². The van der Waals surface area contributed by atoms with Gasteiger partial charge in [-0.05, 0) is 29.2 Å². The Labute approximate surface area is 192 Å². The van der Waals surface area contributed by atoms with Crippen LogP contribution in [-0.4, -0.2) is 73.2 Å². The number of benzene rings is 1. The van der Waals surface area contributed by atoms with Crippen LogP contribution >= 0.6 is 0 Å². The monoisotopic (exact) mass is 447 g/mol. The Balaban J connectivity index is 1.23. The highest BCUT2D eigenvalue weighted by Crippen LogP contribution is 2.25. The average molecular weight is 448 g/mol. The highest BCUT2D eigenvalue weighted by molar-refractivity contribution is 6.07. The molecule has 1 aliphatic rings. The van der Waals surface area contributed by atoms with Crippen molar-refractivity contribution in [3.8, 4) is 11.1 Å². The molecule has 0 bridgehead atoms. The van der Waals surface area contributed by atoms with Gasteiger partial charge in [-0.25, -0.2) is 0 Å². The molecule has 0 amide bonds. The third-order valence-electron chi connectivity index (χ3n) is 5.95. The molecule has 3 aromatic heterocycles. The SMILES string of the molecule is CC(C)CN1CCOC(Cn2cc(CC(=O)c3n[nH]c4cc(-c5cn[nH]c5)ccc34)cn2)C1. The van der Waals surface area contributed by atoms with Crippen LogP contribution in [0.15, 0.2) is 43.0 Å². The van der Waals surface area contributed by atoms with Crippen LogP contribution in [-0.2, 0) is 17.7 Å². The molecule has 5 rings (SSSR count). The first-order valence-electron chi connectivity index (χ1n) is 11.4. The molecule has 0 spiro atoms. The minimum Gasteiger partial charge on any atom is -0.374 e. The molecule has 1 unspecified atom stereocenters. The molecular formula is C24H29N7O2. The Hall–Kier alpha value is -3.30. The number of nitrogens with one attached hydrogen (secondary N) is 2. The van der Waals surface area contributed by atoms with Gasteiger partial charge in [-0.15, -0.1) is 0 Å².